The van der Waals surface area contributed by atoms with Crippen molar-refractivity contribution in [3.05, 3.63) is 50.1 Å². The van der Waals surface area contributed by atoms with Crippen LogP contribution in [0.2, 0.25) is 0 Å². The van der Waals surface area contributed by atoms with E-state index in [0.717, 1.165) is 24.0 Å². The van der Waals surface area contributed by atoms with E-state index in [1.807, 2.05) is 0 Å². The maximum atomic E-state index is 10.3. The van der Waals surface area contributed by atoms with Crippen LogP contribution in [-0.2, 0) is 12.8 Å². The van der Waals surface area contributed by atoms with E-state index in [1.54, 1.807) is 0 Å². The molecule has 0 amide bonds. The highest BCUT2D eigenvalue weighted by Gasteiger charge is 2.07. The first-order valence-electron chi connectivity index (χ1n) is 6.17. The molecule has 0 unspecified atom stereocenters. The molecule has 0 heterocycles. The van der Waals surface area contributed by atoms with Crippen molar-refractivity contribution in [2.75, 3.05) is 0 Å². The first-order chi connectivity index (χ1) is 8.40. The summed E-state index contributed by atoms with van der Waals surface area (Å²) >= 11 is 2.31. The van der Waals surface area contributed by atoms with Crippen LogP contribution in [0.3, 0.4) is 0 Å². The summed E-state index contributed by atoms with van der Waals surface area (Å²) in [6.07, 6.45) is 5.89. The third-order valence-electron chi connectivity index (χ3n) is 2.69. The molecule has 0 aliphatic carbocycles. The molecular weight excluding hydrogens is 335 g/mol. The lowest BCUT2D eigenvalue weighted by Gasteiger charge is -2.09. The highest BCUT2D eigenvalue weighted by molar-refractivity contribution is 14.1. The number of allylic oxidation sites excluding steroid dienone is 4. The van der Waals surface area contributed by atoms with Crippen molar-refractivity contribution in [2.45, 2.75) is 40.5 Å². The van der Waals surface area contributed by atoms with Gasteiger partial charge in [0.25, 0.3) is 0 Å². The molecule has 0 bridgehead atoms. The van der Waals surface area contributed by atoms with Gasteiger partial charge in [-0.25, -0.2) is 0 Å². The van der Waals surface area contributed by atoms with E-state index in [9.17, 15) is 5.11 Å². The van der Waals surface area contributed by atoms with E-state index in [-0.39, 0.29) is 0 Å². The Morgan fingerprint density at radius 2 is 1.39 bits per heavy atom. The maximum absolute atomic E-state index is 10.3. The zero-order valence-electron chi connectivity index (χ0n) is 11.5. The number of rotatable bonds is 4. The van der Waals surface area contributed by atoms with Crippen LogP contribution in [-0.4, -0.2) is 5.11 Å². The van der Waals surface area contributed by atoms with Gasteiger partial charge in [-0.3, -0.25) is 0 Å². The summed E-state index contributed by atoms with van der Waals surface area (Å²) < 4.78 is 1.18. The van der Waals surface area contributed by atoms with Gasteiger partial charge in [-0.1, -0.05) is 23.3 Å². The van der Waals surface area contributed by atoms with E-state index >= 15 is 0 Å². The minimum absolute atomic E-state index is 0.449. The van der Waals surface area contributed by atoms with E-state index in [0.29, 0.717) is 5.75 Å². The minimum atomic E-state index is 0.449. The predicted octanol–water partition coefficient (Wildman–Crippen LogP) is 5.01. The summed E-state index contributed by atoms with van der Waals surface area (Å²) in [5, 5.41) is 10.3. The molecule has 1 rings (SSSR count). The Balaban J connectivity index is 3.06. The van der Waals surface area contributed by atoms with Gasteiger partial charge in [-0.2, -0.15) is 0 Å². The maximum Gasteiger partial charge on any atom is 0.122 e. The fraction of sp³-hybridized carbons (Fsp3) is 0.375. The first-order valence-corrected chi connectivity index (χ1v) is 7.25. The monoisotopic (exact) mass is 356 g/mol. The van der Waals surface area contributed by atoms with Crippen LogP contribution in [0.25, 0.3) is 0 Å². The second-order valence-corrected chi connectivity index (χ2v) is 6.29. The lowest BCUT2D eigenvalue weighted by Crippen LogP contribution is -1.92. The number of phenolic OH excluding ortho intramolecular Hbond substituents is 1. The molecular formula is C16H21IO. The minimum Gasteiger partial charge on any atom is -0.507 e. The molecule has 2 heteroatoms. The average Bonchev–Trinajstić information content (AvgIpc) is 2.27. The number of aromatic hydroxyl groups is 1. The Morgan fingerprint density at radius 3 is 1.72 bits per heavy atom. The van der Waals surface area contributed by atoms with Crippen molar-refractivity contribution in [3.8, 4) is 5.75 Å². The summed E-state index contributed by atoms with van der Waals surface area (Å²) in [7, 11) is 0. The molecule has 0 aromatic heterocycles. The molecule has 0 fully saturated rings. The van der Waals surface area contributed by atoms with E-state index in [1.165, 1.54) is 14.7 Å². The lowest BCUT2D eigenvalue weighted by atomic mass is 10.0. The van der Waals surface area contributed by atoms with Crippen molar-refractivity contribution >= 4 is 22.6 Å². The highest BCUT2D eigenvalue weighted by atomic mass is 127. The Hall–Kier alpha value is -0.770. The zero-order chi connectivity index (χ0) is 13.7. The number of benzene rings is 1. The van der Waals surface area contributed by atoms with E-state index < -0.39 is 0 Å². The number of phenols is 1. The summed E-state index contributed by atoms with van der Waals surface area (Å²) in [4.78, 5) is 0. The molecule has 1 aromatic rings. The second-order valence-electron chi connectivity index (χ2n) is 5.04. The molecule has 0 saturated heterocycles. The molecule has 1 N–H and O–H groups in total. The normalized spacial score (nSPS) is 10.1. The first kappa shape index (κ1) is 15.3. The largest absolute Gasteiger partial charge is 0.507 e. The van der Waals surface area contributed by atoms with Crippen LogP contribution in [0, 0.1) is 3.57 Å². The van der Waals surface area contributed by atoms with Gasteiger partial charge in [0.15, 0.2) is 0 Å². The van der Waals surface area contributed by atoms with E-state index in [2.05, 4.69) is 74.6 Å². The number of halogens is 1. The average molecular weight is 356 g/mol. The molecule has 0 atom stereocenters. The zero-order valence-corrected chi connectivity index (χ0v) is 13.7. The molecule has 0 radical (unpaired) electrons. The summed E-state index contributed by atoms with van der Waals surface area (Å²) in [6, 6.07) is 4.11. The third-order valence-corrected chi connectivity index (χ3v) is 3.32. The van der Waals surface area contributed by atoms with Crippen LogP contribution < -0.4 is 0 Å². The fourth-order valence-electron chi connectivity index (χ4n) is 1.66. The Bertz CT molecular complexity index is 435. The quantitative estimate of drug-likeness (QED) is 0.594. The molecule has 1 aromatic carbocycles. The van der Waals surface area contributed by atoms with Crippen molar-refractivity contribution in [2.24, 2.45) is 0 Å². The van der Waals surface area contributed by atoms with Crippen molar-refractivity contribution in [1.82, 2.24) is 0 Å². The van der Waals surface area contributed by atoms with Gasteiger partial charge < -0.3 is 5.11 Å². The Labute approximate surface area is 124 Å². The number of hydrogen-bond donors (Lipinski definition) is 1. The van der Waals surface area contributed by atoms with Crippen LogP contribution in [0.4, 0.5) is 0 Å². The predicted molar refractivity (Wildman–Crippen MR) is 87.1 cm³/mol. The van der Waals surface area contributed by atoms with Gasteiger partial charge in [0.05, 0.1) is 0 Å². The van der Waals surface area contributed by atoms with Gasteiger partial charge in [0, 0.05) is 3.57 Å². The topological polar surface area (TPSA) is 20.2 Å². The molecule has 0 saturated carbocycles. The van der Waals surface area contributed by atoms with Gasteiger partial charge in [-0.15, -0.1) is 0 Å². The summed E-state index contributed by atoms with van der Waals surface area (Å²) in [6.45, 7) is 8.31. The van der Waals surface area contributed by atoms with Gasteiger partial charge in [-0.05, 0) is 86.4 Å². The SMILES string of the molecule is CC(C)=CCc1cc(I)cc(CC=C(C)C)c1O. The fourth-order valence-corrected chi connectivity index (χ4v) is 2.41. The highest BCUT2D eigenvalue weighted by Crippen LogP contribution is 2.27. The third kappa shape index (κ3) is 4.84. The van der Waals surface area contributed by atoms with Crippen LogP contribution in [0.1, 0.15) is 38.8 Å². The summed E-state index contributed by atoms with van der Waals surface area (Å²) in [5.74, 6) is 0.449. The Kier molecular flexibility index (Phi) is 5.93. The molecule has 0 aliphatic heterocycles. The summed E-state index contributed by atoms with van der Waals surface area (Å²) in [5.41, 5.74) is 4.58. The van der Waals surface area contributed by atoms with Crippen molar-refractivity contribution in [3.63, 3.8) is 0 Å². The van der Waals surface area contributed by atoms with Crippen molar-refractivity contribution in [1.29, 1.82) is 0 Å². The standard InChI is InChI=1S/C16H21IO/c1-11(2)5-7-13-9-15(17)10-14(16(13)18)8-6-12(3)4/h5-6,9-10,18H,7-8H2,1-4H3. The molecule has 0 aliphatic rings. The molecule has 0 spiro atoms. The molecule has 1 nitrogen and oxygen atoms in total. The van der Waals surface area contributed by atoms with Crippen LogP contribution >= 0.6 is 22.6 Å². The van der Waals surface area contributed by atoms with Crippen LogP contribution in [0.15, 0.2) is 35.4 Å². The van der Waals surface area contributed by atoms with E-state index in [4.69, 9.17) is 0 Å². The van der Waals surface area contributed by atoms with Gasteiger partial charge in [0.2, 0.25) is 0 Å². The second kappa shape index (κ2) is 6.98. The van der Waals surface area contributed by atoms with Gasteiger partial charge in [0.1, 0.15) is 5.75 Å². The van der Waals surface area contributed by atoms with Crippen LogP contribution in [0.5, 0.6) is 5.75 Å². The smallest absolute Gasteiger partial charge is 0.122 e. The Morgan fingerprint density at radius 1 is 1.00 bits per heavy atom. The number of hydrogen-bond acceptors (Lipinski definition) is 1. The molecule has 18 heavy (non-hydrogen) atoms. The molecule has 98 valence electrons. The van der Waals surface area contributed by atoms with Crippen molar-refractivity contribution < 1.29 is 5.11 Å². The lowest BCUT2D eigenvalue weighted by molar-refractivity contribution is 0.464. The van der Waals surface area contributed by atoms with Gasteiger partial charge >= 0.3 is 0 Å².